The summed E-state index contributed by atoms with van der Waals surface area (Å²) in [6, 6.07) is -1.02. The van der Waals surface area contributed by atoms with E-state index in [9.17, 15) is 14.7 Å². The number of aliphatic hydroxyl groups is 1. The number of carbonyl (C=O) groups excluding carboxylic acids is 1. The maximum Gasteiger partial charge on any atom is 0.411 e. The van der Waals surface area contributed by atoms with E-state index in [4.69, 9.17) is 9.84 Å². The number of carboxylic acid groups (broad SMARTS) is 1. The highest BCUT2D eigenvalue weighted by molar-refractivity contribution is 5.81. The van der Waals surface area contributed by atoms with Gasteiger partial charge < -0.3 is 14.9 Å². The normalized spacial score (nSPS) is 28.3. The average molecular weight is 259 g/mol. The molecule has 1 rings (SSSR count). The van der Waals surface area contributed by atoms with Crippen LogP contribution in [0.3, 0.4) is 0 Å². The van der Waals surface area contributed by atoms with E-state index in [0.717, 1.165) is 4.90 Å². The number of rotatable bonds is 2. The Balaban J connectivity index is 2.85. The van der Waals surface area contributed by atoms with E-state index in [2.05, 4.69) is 0 Å². The Morgan fingerprint density at radius 2 is 2.00 bits per heavy atom. The monoisotopic (exact) mass is 259 g/mol. The van der Waals surface area contributed by atoms with E-state index >= 15 is 0 Å². The van der Waals surface area contributed by atoms with Crippen LogP contribution in [-0.4, -0.2) is 51.0 Å². The number of ether oxygens (including phenoxy) is 1. The lowest BCUT2D eigenvalue weighted by Crippen LogP contribution is -2.44. The van der Waals surface area contributed by atoms with Gasteiger partial charge in [-0.1, -0.05) is 6.92 Å². The molecule has 1 aliphatic heterocycles. The first kappa shape index (κ1) is 14.8. The van der Waals surface area contributed by atoms with Gasteiger partial charge in [0.05, 0.1) is 12.1 Å². The summed E-state index contributed by atoms with van der Waals surface area (Å²) in [5, 5.41) is 19.2. The van der Waals surface area contributed by atoms with Gasteiger partial charge in [-0.25, -0.2) is 9.59 Å². The van der Waals surface area contributed by atoms with Gasteiger partial charge in [0.1, 0.15) is 11.6 Å². The van der Waals surface area contributed by atoms with E-state index in [1.165, 1.54) is 0 Å². The lowest BCUT2D eigenvalue weighted by atomic mass is 9.97. The molecule has 1 saturated heterocycles. The predicted molar refractivity (Wildman–Crippen MR) is 64.2 cm³/mol. The summed E-state index contributed by atoms with van der Waals surface area (Å²) in [5.41, 5.74) is -1.83. The van der Waals surface area contributed by atoms with Gasteiger partial charge in [-0.2, -0.15) is 0 Å². The molecule has 1 aliphatic rings. The number of β-amino-alcohol motifs (C(OH)–C–C–N with tert-alkyl or cyclic N) is 1. The second-order valence-electron chi connectivity index (χ2n) is 5.74. The molecule has 0 radical (unpaired) electrons. The Morgan fingerprint density at radius 1 is 1.44 bits per heavy atom. The minimum Gasteiger partial charge on any atom is -0.480 e. The highest BCUT2D eigenvalue weighted by atomic mass is 16.6. The molecule has 6 heteroatoms. The molecule has 0 aromatic heterocycles. The van der Waals surface area contributed by atoms with Crippen molar-refractivity contribution in [2.75, 3.05) is 6.54 Å². The van der Waals surface area contributed by atoms with E-state index in [-0.39, 0.29) is 13.0 Å². The highest BCUT2D eigenvalue weighted by Crippen LogP contribution is 2.31. The van der Waals surface area contributed by atoms with E-state index in [1.807, 2.05) is 0 Å². The lowest BCUT2D eigenvalue weighted by Gasteiger charge is -2.27. The maximum absolute atomic E-state index is 11.9. The second-order valence-corrected chi connectivity index (χ2v) is 5.74. The Morgan fingerprint density at radius 3 is 2.39 bits per heavy atom. The van der Waals surface area contributed by atoms with Gasteiger partial charge in [-0.3, -0.25) is 4.90 Å². The van der Waals surface area contributed by atoms with Gasteiger partial charge in [0.25, 0.3) is 0 Å². The van der Waals surface area contributed by atoms with Crippen LogP contribution >= 0.6 is 0 Å². The van der Waals surface area contributed by atoms with Crippen LogP contribution in [0.2, 0.25) is 0 Å². The molecule has 2 atom stereocenters. The van der Waals surface area contributed by atoms with Crippen molar-refractivity contribution in [1.29, 1.82) is 0 Å². The van der Waals surface area contributed by atoms with Crippen molar-refractivity contribution in [3.05, 3.63) is 0 Å². The predicted octanol–water partition coefficient (Wildman–Crippen LogP) is 1.22. The molecule has 0 bridgehead atoms. The van der Waals surface area contributed by atoms with Crippen LogP contribution in [0.4, 0.5) is 4.79 Å². The number of amides is 1. The van der Waals surface area contributed by atoms with Gasteiger partial charge in [0.15, 0.2) is 0 Å². The number of likely N-dealkylation sites (tertiary alicyclic amines) is 1. The molecule has 1 fully saturated rings. The standard InChI is InChI=1S/C12H21NO5/c1-5-12(17)6-8(9(14)15)13(7-12)10(16)18-11(2,3)4/h8,17H,5-7H2,1-4H3,(H,14,15). The fourth-order valence-electron chi connectivity index (χ4n) is 1.95. The smallest absolute Gasteiger partial charge is 0.411 e. The summed E-state index contributed by atoms with van der Waals surface area (Å²) < 4.78 is 5.15. The van der Waals surface area contributed by atoms with Crippen molar-refractivity contribution in [3.63, 3.8) is 0 Å². The fraction of sp³-hybridized carbons (Fsp3) is 0.833. The van der Waals surface area contributed by atoms with Crippen molar-refractivity contribution < 1.29 is 24.5 Å². The van der Waals surface area contributed by atoms with Crippen molar-refractivity contribution >= 4 is 12.1 Å². The van der Waals surface area contributed by atoms with Crippen molar-refractivity contribution in [2.24, 2.45) is 0 Å². The molecule has 0 aromatic carbocycles. The first-order valence-corrected chi connectivity index (χ1v) is 6.03. The average Bonchev–Trinajstić information content (AvgIpc) is 2.55. The Labute approximate surface area is 107 Å². The summed E-state index contributed by atoms with van der Waals surface area (Å²) in [6.45, 7) is 6.89. The zero-order valence-electron chi connectivity index (χ0n) is 11.3. The largest absolute Gasteiger partial charge is 0.480 e. The molecule has 2 N–H and O–H groups in total. The topological polar surface area (TPSA) is 87.1 Å². The van der Waals surface area contributed by atoms with Crippen LogP contribution in [0.5, 0.6) is 0 Å². The first-order valence-electron chi connectivity index (χ1n) is 6.03. The fourth-order valence-corrected chi connectivity index (χ4v) is 1.95. The first-order chi connectivity index (χ1) is 8.08. The molecule has 1 amide bonds. The van der Waals surface area contributed by atoms with Gasteiger partial charge in [-0.15, -0.1) is 0 Å². The molecule has 6 nitrogen and oxygen atoms in total. The van der Waals surface area contributed by atoms with Crippen LogP contribution in [-0.2, 0) is 9.53 Å². The summed E-state index contributed by atoms with van der Waals surface area (Å²) in [7, 11) is 0. The number of carboxylic acids is 1. The van der Waals surface area contributed by atoms with Gasteiger partial charge in [0.2, 0.25) is 0 Å². The molecule has 104 valence electrons. The second kappa shape index (κ2) is 4.76. The minimum atomic E-state index is -1.14. The molecular weight excluding hydrogens is 238 g/mol. The number of aliphatic carboxylic acids is 1. The summed E-state index contributed by atoms with van der Waals surface area (Å²) in [5.74, 6) is -1.12. The molecule has 0 spiro atoms. The number of hydrogen-bond donors (Lipinski definition) is 2. The third kappa shape index (κ3) is 3.35. The number of carbonyl (C=O) groups is 2. The zero-order chi connectivity index (χ0) is 14.1. The molecule has 0 aliphatic carbocycles. The van der Waals surface area contributed by atoms with E-state index in [1.54, 1.807) is 27.7 Å². The van der Waals surface area contributed by atoms with Crippen molar-refractivity contribution in [1.82, 2.24) is 4.90 Å². The quantitative estimate of drug-likeness (QED) is 0.778. The molecule has 1 heterocycles. The molecule has 18 heavy (non-hydrogen) atoms. The minimum absolute atomic E-state index is 0.00458. The SMILES string of the molecule is CCC1(O)CC(C(=O)O)N(C(=O)OC(C)(C)C)C1. The zero-order valence-corrected chi connectivity index (χ0v) is 11.3. The number of nitrogens with zero attached hydrogens (tertiary/aromatic N) is 1. The van der Waals surface area contributed by atoms with Crippen LogP contribution in [0, 0.1) is 0 Å². The summed E-state index contributed by atoms with van der Waals surface area (Å²) in [6.07, 6.45) is -0.256. The Hall–Kier alpha value is -1.30. The summed E-state index contributed by atoms with van der Waals surface area (Å²) in [4.78, 5) is 24.1. The van der Waals surface area contributed by atoms with Crippen molar-refractivity contribution in [2.45, 2.75) is 57.8 Å². The van der Waals surface area contributed by atoms with E-state index in [0.29, 0.717) is 6.42 Å². The number of hydrogen-bond acceptors (Lipinski definition) is 4. The van der Waals surface area contributed by atoms with Gasteiger partial charge >= 0.3 is 12.1 Å². The van der Waals surface area contributed by atoms with E-state index < -0.39 is 29.3 Å². The molecule has 0 aromatic rings. The Kier molecular flexibility index (Phi) is 3.90. The van der Waals surface area contributed by atoms with Crippen molar-refractivity contribution in [3.8, 4) is 0 Å². The maximum atomic E-state index is 11.9. The third-order valence-corrected chi connectivity index (χ3v) is 2.99. The molecule has 0 saturated carbocycles. The third-order valence-electron chi connectivity index (χ3n) is 2.99. The van der Waals surface area contributed by atoms with Crippen LogP contribution in [0.1, 0.15) is 40.5 Å². The molecular formula is C12H21NO5. The van der Waals surface area contributed by atoms with Crippen LogP contribution < -0.4 is 0 Å². The summed E-state index contributed by atoms with van der Waals surface area (Å²) >= 11 is 0. The Bertz CT molecular complexity index is 349. The van der Waals surface area contributed by atoms with Gasteiger partial charge in [-0.05, 0) is 27.2 Å². The lowest BCUT2D eigenvalue weighted by molar-refractivity contribution is -0.142. The molecule has 2 unspecified atom stereocenters. The van der Waals surface area contributed by atoms with Crippen LogP contribution in [0.15, 0.2) is 0 Å². The van der Waals surface area contributed by atoms with Gasteiger partial charge in [0, 0.05) is 6.42 Å². The van der Waals surface area contributed by atoms with Crippen LogP contribution in [0.25, 0.3) is 0 Å². The highest BCUT2D eigenvalue weighted by Gasteiger charge is 2.48.